The highest BCUT2D eigenvalue weighted by Crippen LogP contribution is 2.29. The molecular weight excluding hydrogens is 392 g/mol. The van der Waals surface area contributed by atoms with E-state index in [2.05, 4.69) is 59.1 Å². The van der Waals surface area contributed by atoms with Crippen molar-refractivity contribution in [3.63, 3.8) is 0 Å². The van der Waals surface area contributed by atoms with Gasteiger partial charge in [0, 0.05) is 28.4 Å². The average Bonchev–Trinajstić information content (AvgIpc) is 3.10. The Hall–Kier alpha value is -3.51. The Bertz CT molecular complexity index is 1210. The standard InChI is InChI=1S/C25H26N2O4/c1-2-27-22-6-4-3-5-20(22)21-9-7-18(15-23(21)27)11-12-30-13-14-31-26-17-19-8-10-24(28)25(29)16-19/h3-10,15-17,28-29H,2,11-14H2,1H3/b26-17+. The first-order valence-electron chi connectivity index (χ1n) is 10.4. The number of oxime groups is 1. The van der Waals surface area contributed by atoms with E-state index in [4.69, 9.17) is 9.57 Å². The van der Waals surface area contributed by atoms with E-state index >= 15 is 0 Å². The van der Waals surface area contributed by atoms with Gasteiger partial charge < -0.3 is 24.4 Å². The van der Waals surface area contributed by atoms with Crippen LogP contribution in [-0.4, -0.2) is 40.8 Å². The van der Waals surface area contributed by atoms with Gasteiger partial charge in [0.15, 0.2) is 11.5 Å². The number of phenolic OH excluding ortho intramolecular Hbond substituents is 2. The molecule has 0 aliphatic carbocycles. The van der Waals surface area contributed by atoms with Crippen LogP contribution in [0.15, 0.2) is 65.8 Å². The molecule has 0 aliphatic rings. The smallest absolute Gasteiger partial charge is 0.158 e. The summed E-state index contributed by atoms with van der Waals surface area (Å²) < 4.78 is 8.03. The van der Waals surface area contributed by atoms with E-state index in [9.17, 15) is 10.2 Å². The van der Waals surface area contributed by atoms with Crippen LogP contribution in [-0.2, 0) is 22.5 Å². The van der Waals surface area contributed by atoms with Crippen LogP contribution in [0.2, 0.25) is 0 Å². The maximum atomic E-state index is 9.44. The maximum absolute atomic E-state index is 9.44. The van der Waals surface area contributed by atoms with Crippen molar-refractivity contribution in [2.75, 3.05) is 19.8 Å². The summed E-state index contributed by atoms with van der Waals surface area (Å²) in [5, 5.41) is 25.2. The summed E-state index contributed by atoms with van der Waals surface area (Å²) in [6, 6.07) is 19.6. The molecule has 0 saturated heterocycles. The van der Waals surface area contributed by atoms with Crippen LogP contribution < -0.4 is 0 Å². The van der Waals surface area contributed by atoms with E-state index in [1.54, 1.807) is 6.07 Å². The van der Waals surface area contributed by atoms with Gasteiger partial charge in [-0.25, -0.2) is 0 Å². The second-order valence-corrected chi connectivity index (χ2v) is 7.29. The lowest BCUT2D eigenvalue weighted by Gasteiger charge is -2.06. The Kier molecular flexibility index (Phi) is 6.38. The molecule has 1 aromatic heterocycles. The van der Waals surface area contributed by atoms with Crippen molar-refractivity contribution in [2.45, 2.75) is 19.9 Å². The minimum atomic E-state index is -0.190. The molecule has 160 valence electrons. The fourth-order valence-corrected chi connectivity index (χ4v) is 3.75. The number of phenols is 2. The third-order valence-corrected chi connectivity index (χ3v) is 5.28. The van der Waals surface area contributed by atoms with Crippen LogP contribution in [0.25, 0.3) is 21.8 Å². The molecule has 6 nitrogen and oxygen atoms in total. The van der Waals surface area contributed by atoms with Gasteiger partial charge in [0.2, 0.25) is 0 Å². The van der Waals surface area contributed by atoms with Crippen LogP contribution in [0.4, 0.5) is 0 Å². The van der Waals surface area contributed by atoms with Crippen molar-refractivity contribution in [3.8, 4) is 11.5 Å². The number of aromatic nitrogens is 1. The van der Waals surface area contributed by atoms with Crippen molar-refractivity contribution in [2.24, 2.45) is 5.16 Å². The van der Waals surface area contributed by atoms with Crippen LogP contribution >= 0.6 is 0 Å². The van der Waals surface area contributed by atoms with Crippen LogP contribution in [0.1, 0.15) is 18.1 Å². The summed E-state index contributed by atoms with van der Waals surface area (Å²) in [6.07, 6.45) is 2.30. The summed E-state index contributed by atoms with van der Waals surface area (Å²) in [6.45, 7) is 4.50. The number of ether oxygens (including phenoxy) is 1. The molecule has 0 radical (unpaired) electrons. The summed E-state index contributed by atoms with van der Waals surface area (Å²) in [7, 11) is 0. The van der Waals surface area contributed by atoms with Crippen molar-refractivity contribution in [1.29, 1.82) is 0 Å². The minimum absolute atomic E-state index is 0.165. The highest BCUT2D eigenvalue weighted by atomic mass is 16.6. The zero-order valence-corrected chi connectivity index (χ0v) is 17.5. The van der Waals surface area contributed by atoms with Crippen LogP contribution in [0, 0.1) is 0 Å². The molecule has 1 heterocycles. The number of aromatic hydroxyl groups is 2. The molecule has 0 spiro atoms. The van der Waals surface area contributed by atoms with Crippen molar-refractivity contribution >= 4 is 28.0 Å². The molecule has 0 bridgehead atoms. The van der Waals surface area contributed by atoms with Crippen molar-refractivity contribution in [3.05, 3.63) is 71.8 Å². The third kappa shape index (κ3) is 4.64. The number of aryl methyl sites for hydroxylation is 1. The second kappa shape index (κ2) is 9.53. The Balaban J connectivity index is 1.26. The SMILES string of the molecule is CCn1c2ccccc2c2ccc(CCOCCO/N=C/c3ccc(O)c(O)c3)cc21. The lowest BCUT2D eigenvalue weighted by molar-refractivity contribution is 0.0526. The quantitative estimate of drug-likeness (QED) is 0.177. The van der Waals surface area contributed by atoms with Gasteiger partial charge in [-0.2, -0.15) is 0 Å². The number of hydrogen-bond donors (Lipinski definition) is 2. The fraction of sp³-hybridized carbons (Fsp3) is 0.240. The van der Waals surface area contributed by atoms with Gasteiger partial charge in [0.25, 0.3) is 0 Å². The summed E-state index contributed by atoms with van der Waals surface area (Å²) in [5.41, 5.74) is 4.42. The van der Waals surface area contributed by atoms with Gasteiger partial charge in [-0.15, -0.1) is 0 Å². The van der Waals surface area contributed by atoms with Crippen LogP contribution in [0.5, 0.6) is 11.5 Å². The Morgan fingerprint density at radius 3 is 2.55 bits per heavy atom. The lowest BCUT2D eigenvalue weighted by atomic mass is 10.1. The number of fused-ring (bicyclic) bond motifs is 3. The Morgan fingerprint density at radius 2 is 1.71 bits per heavy atom. The average molecular weight is 418 g/mol. The third-order valence-electron chi connectivity index (χ3n) is 5.28. The summed E-state index contributed by atoms with van der Waals surface area (Å²) >= 11 is 0. The molecule has 4 aromatic rings. The van der Waals surface area contributed by atoms with E-state index < -0.39 is 0 Å². The predicted octanol–water partition coefficient (Wildman–Crippen LogP) is 4.84. The molecule has 0 aliphatic heterocycles. The van der Waals surface area contributed by atoms with Gasteiger partial charge in [0.1, 0.15) is 6.61 Å². The molecule has 0 fully saturated rings. The monoisotopic (exact) mass is 418 g/mol. The topological polar surface area (TPSA) is 76.2 Å². The molecular formula is C25H26N2O4. The molecule has 3 aromatic carbocycles. The molecule has 31 heavy (non-hydrogen) atoms. The highest BCUT2D eigenvalue weighted by Gasteiger charge is 2.09. The van der Waals surface area contributed by atoms with E-state index in [-0.39, 0.29) is 11.5 Å². The summed E-state index contributed by atoms with van der Waals surface area (Å²) in [5.74, 6) is -0.355. The largest absolute Gasteiger partial charge is 0.504 e. The van der Waals surface area contributed by atoms with Gasteiger partial charge in [-0.3, -0.25) is 0 Å². The van der Waals surface area contributed by atoms with Crippen molar-refractivity contribution in [1.82, 2.24) is 4.57 Å². The van der Waals surface area contributed by atoms with E-state index in [0.29, 0.717) is 25.4 Å². The normalized spacial score (nSPS) is 11.6. The molecule has 6 heteroatoms. The second-order valence-electron chi connectivity index (χ2n) is 7.29. The molecule has 0 atom stereocenters. The maximum Gasteiger partial charge on any atom is 0.158 e. The Labute approximate surface area is 180 Å². The first-order valence-corrected chi connectivity index (χ1v) is 10.4. The van der Waals surface area contributed by atoms with Gasteiger partial charge >= 0.3 is 0 Å². The zero-order valence-electron chi connectivity index (χ0n) is 17.5. The number of rotatable bonds is 9. The minimum Gasteiger partial charge on any atom is -0.504 e. The van der Waals surface area contributed by atoms with Gasteiger partial charge in [-0.05, 0) is 54.8 Å². The number of benzene rings is 3. The molecule has 2 N–H and O–H groups in total. The number of hydrogen-bond acceptors (Lipinski definition) is 5. The zero-order chi connectivity index (χ0) is 21.6. The molecule has 0 amide bonds. The molecule has 0 unspecified atom stereocenters. The first-order chi connectivity index (χ1) is 15.2. The molecule has 0 saturated carbocycles. The highest BCUT2D eigenvalue weighted by molar-refractivity contribution is 6.08. The number of para-hydroxylation sites is 1. The number of nitrogens with zero attached hydrogens (tertiary/aromatic N) is 2. The van der Waals surface area contributed by atoms with E-state index in [1.807, 2.05) is 0 Å². The first kappa shape index (κ1) is 20.8. The van der Waals surface area contributed by atoms with Crippen LogP contribution in [0.3, 0.4) is 0 Å². The molecule has 4 rings (SSSR count). The van der Waals surface area contributed by atoms with Gasteiger partial charge in [-0.1, -0.05) is 35.5 Å². The summed E-state index contributed by atoms with van der Waals surface area (Å²) in [4.78, 5) is 5.18. The van der Waals surface area contributed by atoms with Gasteiger partial charge in [0.05, 0.1) is 19.4 Å². The van der Waals surface area contributed by atoms with Crippen molar-refractivity contribution < 1.29 is 19.8 Å². The lowest BCUT2D eigenvalue weighted by Crippen LogP contribution is -2.05. The fourth-order valence-electron chi connectivity index (χ4n) is 3.75. The van der Waals surface area contributed by atoms with E-state index in [1.165, 1.54) is 45.7 Å². The van der Waals surface area contributed by atoms with E-state index in [0.717, 1.165) is 13.0 Å². The predicted molar refractivity (Wildman–Crippen MR) is 123 cm³/mol. The Morgan fingerprint density at radius 1 is 0.871 bits per heavy atom.